The lowest BCUT2D eigenvalue weighted by molar-refractivity contribution is -0.155. The Bertz CT molecular complexity index is 780. The molecule has 2 aromatic heterocycles. The number of hydrogen-bond acceptors (Lipinski definition) is 7. The Morgan fingerprint density at radius 1 is 0.900 bits per heavy atom. The number of carbonyl (C=O) groups is 1. The van der Waals surface area contributed by atoms with Gasteiger partial charge in [-0.15, -0.1) is 37.2 Å². The molecule has 0 aliphatic heterocycles. The normalized spacial score (nSPS) is 16.8. The number of ether oxygens (including phenoxy) is 1. The minimum Gasteiger partial charge on any atom is -0.460 e. The van der Waals surface area contributed by atoms with Gasteiger partial charge >= 0.3 is 5.97 Å². The minimum absolute atomic E-state index is 0. The summed E-state index contributed by atoms with van der Waals surface area (Å²) in [5.74, 6) is 1.39. The molecule has 168 valence electrons. The summed E-state index contributed by atoms with van der Waals surface area (Å²) in [7, 11) is 0. The van der Waals surface area contributed by atoms with Crippen LogP contribution in [0.25, 0.3) is 0 Å². The van der Waals surface area contributed by atoms with E-state index in [1.54, 1.807) is 36.9 Å². The van der Waals surface area contributed by atoms with Crippen molar-refractivity contribution in [1.29, 1.82) is 0 Å². The van der Waals surface area contributed by atoms with Crippen LogP contribution in [0.5, 0.6) is 0 Å². The second kappa shape index (κ2) is 11.2. The monoisotopic (exact) mass is 477 g/mol. The number of nitrogens with two attached hydrogens (primary N) is 1. The van der Waals surface area contributed by atoms with E-state index >= 15 is 0 Å². The molecule has 0 radical (unpaired) electrons. The highest BCUT2D eigenvalue weighted by Crippen LogP contribution is 2.49. The van der Waals surface area contributed by atoms with Gasteiger partial charge in [0.1, 0.15) is 17.2 Å². The predicted molar refractivity (Wildman–Crippen MR) is 122 cm³/mol. The fourth-order valence-electron chi connectivity index (χ4n) is 2.77. The highest BCUT2D eigenvalue weighted by atomic mass is 35.5. The van der Waals surface area contributed by atoms with Crippen LogP contribution in [0.2, 0.25) is 0 Å². The Hall–Kier alpha value is -1.54. The molecule has 2 fully saturated rings. The average Bonchev–Trinajstić information content (AvgIpc) is 3.54. The van der Waals surface area contributed by atoms with Crippen LogP contribution in [0.15, 0.2) is 36.9 Å². The van der Waals surface area contributed by atoms with Gasteiger partial charge in [0, 0.05) is 30.2 Å². The lowest BCUT2D eigenvalue weighted by Gasteiger charge is -2.21. The van der Waals surface area contributed by atoms with Crippen LogP contribution < -0.4 is 5.73 Å². The molecular formula is C20H30Cl3N5O2. The van der Waals surface area contributed by atoms with Crippen molar-refractivity contribution in [2.45, 2.75) is 69.4 Å². The molecule has 0 amide bonds. The SMILES string of the molecule is CC(C)(C)OC(=O)CC1(c2ncccn2)CC1.Cl.Cl.Cl.NC1(c2ncccn2)CC1. The van der Waals surface area contributed by atoms with Crippen molar-refractivity contribution in [1.82, 2.24) is 19.9 Å². The third-order valence-electron chi connectivity index (χ3n) is 4.60. The molecule has 0 aromatic carbocycles. The standard InChI is InChI=1S/C13H18N2O2.C7H9N3.3ClH/c1-12(2,3)17-10(16)9-13(5-6-13)11-14-7-4-8-15-11;8-7(2-3-7)6-9-4-1-5-10-6;;;/h4,7-8H,5-6,9H2,1-3H3;1,4-5H,2-3,8H2;3*1H. The topological polar surface area (TPSA) is 104 Å². The Balaban J connectivity index is 0.000000561. The second-order valence-corrected chi connectivity index (χ2v) is 8.34. The quantitative estimate of drug-likeness (QED) is 0.664. The molecule has 0 unspecified atom stereocenters. The molecule has 0 bridgehead atoms. The van der Waals surface area contributed by atoms with Crippen molar-refractivity contribution in [3.05, 3.63) is 48.6 Å². The molecule has 2 aromatic rings. The molecule has 0 atom stereocenters. The lowest BCUT2D eigenvalue weighted by atomic mass is 10.0. The van der Waals surface area contributed by atoms with Crippen LogP contribution >= 0.6 is 37.2 Å². The van der Waals surface area contributed by atoms with E-state index in [1.165, 1.54) is 0 Å². The van der Waals surface area contributed by atoms with Gasteiger partial charge in [0.25, 0.3) is 0 Å². The molecule has 10 heteroatoms. The van der Waals surface area contributed by atoms with E-state index in [0.717, 1.165) is 37.3 Å². The zero-order chi connectivity index (χ0) is 19.5. The fraction of sp³-hybridized carbons (Fsp3) is 0.550. The smallest absolute Gasteiger partial charge is 0.307 e. The van der Waals surface area contributed by atoms with Crippen molar-refractivity contribution < 1.29 is 9.53 Å². The summed E-state index contributed by atoms with van der Waals surface area (Å²) < 4.78 is 5.34. The first kappa shape index (κ1) is 28.5. The molecule has 30 heavy (non-hydrogen) atoms. The largest absolute Gasteiger partial charge is 0.460 e. The van der Waals surface area contributed by atoms with Crippen LogP contribution in [0.4, 0.5) is 0 Å². The molecule has 2 aliphatic carbocycles. The summed E-state index contributed by atoms with van der Waals surface area (Å²) >= 11 is 0. The van der Waals surface area contributed by atoms with Gasteiger partial charge in [-0.1, -0.05) is 0 Å². The van der Waals surface area contributed by atoms with Crippen molar-refractivity contribution in [2.24, 2.45) is 5.73 Å². The van der Waals surface area contributed by atoms with Crippen LogP contribution in [0, 0.1) is 0 Å². The molecule has 2 aliphatic rings. The van der Waals surface area contributed by atoms with E-state index in [4.69, 9.17) is 10.5 Å². The summed E-state index contributed by atoms with van der Waals surface area (Å²) in [6.07, 6.45) is 11.3. The lowest BCUT2D eigenvalue weighted by Crippen LogP contribution is -2.27. The maximum absolute atomic E-state index is 11.8. The number of aromatic nitrogens is 4. The van der Waals surface area contributed by atoms with Crippen molar-refractivity contribution in [3.63, 3.8) is 0 Å². The highest BCUT2D eigenvalue weighted by molar-refractivity contribution is 5.86. The van der Waals surface area contributed by atoms with Gasteiger partial charge in [0.15, 0.2) is 0 Å². The molecule has 4 rings (SSSR count). The third-order valence-corrected chi connectivity index (χ3v) is 4.60. The Labute approximate surface area is 196 Å². The molecule has 7 nitrogen and oxygen atoms in total. The molecule has 0 spiro atoms. The van der Waals surface area contributed by atoms with Crippen LogP contribution in [-0.2, 0) is 20.5 Å². The maximum atomic E-state index is 11.8. The molecule has 0 saturated heterocycles. The van der Waals surface area contributed by atoms with Crippen molar-refractivity contribution >= 4 is 43.2 Å². The third kappa shape index (κ3) is 7.95. The fourth-order valence-corrected chi connectivity index (χ4v) is 2.77. The Morgan fingerprint density at radius 3 is 1.70 bits per heavy atom. The molecule has 2 heterocycles. The second-order valence-electron chi connectivity index (χ2n) is 8.34. The summed E-state index contributed by atoms with van der Waals surface area (Å²) in [5.41, 5.74) is 5.07. The van der Waals surface area contributed by atoms with Crippen LogP contribution in [-0.4, -0.2) is 31.5 Å². The Morgan fingerprint density at radius 2 is 1.33 bits per heavy atom. The van der Waals surface area contributed by atoms with Crippen molar-refractivity contribution in [2.75, 3.05) is 0 Å². The zero-order valence-electron chi connectivity index (χ0n) is 17.4. The van der Waals surface area contributed by atoms with E-state index in [2.05, 4.69) is 19.9 Å². The van der Waals surface area contributed by atoms with Crippen molar-refractivity contribution in [3.8, 4) is 0 Å². The van der Waals surface area contributed by atoms with Gasteiger partial charge in [0.2, 0.25) is 0 Å². The van der Waals surface area contributed by atoms with Gasteiger partial charge in [-0.05, 0) is 58.6 Å². The van der Waals surface area contributed by atoms with Gasteiger partial charge in [0.05, 0.1) is 12.0 Å². The number of hydrogen-bond donors (Lipinski definition) is 1. The first-order valence-electron chi connectivity index (χ1n) is 9.28. The maximum Gasteiger partial charge on any atom is 0.307 e. The van der Waals surface area contributed by atoms with E-state index < -0.39 is 5.60 Å². The number of nitrogens with zero attached hydrogens (tertiary/aromatic N) is 4. The number of rotatable bonds is 4. The highest BCUT2D eigenvalue weighted by Gasteiger charge is 2.49. The predicted octanol–water partition coefficient (Wildman–Crippen LogP) is 3.93. The average molecular weight is 479 g/mol. The zero-order valence-corrected chi connectivity index (χ0v) is 19.9. The minimum atomic E-state index is -0.426. The van der Waals surface area contributed by atoms with Gasteiger partial charge in [-0.25, -0.2) is 19.9 Å². The van der Waals surface area contributed by atoms with Crippen LogP contribution in [0.3, 0.4) is 0 Å². The van der Waals surface area contributed by atoms with E-state index in [-0.39, 0.29) is 54.1 Å². The number of esters is 1. The summed E-state index contributed by atoms with van der Waals surface area (Å²) in [5, 5.41) is 0. The van der Waals surface area contributed by atoms with Crippen LogP contribution in [0.1, 0.15) is 64.5 Å². The van der Waals surface area contributed by atoms with Gasteiger partial charge < -0.3 is 10.5 Å². The molecular weight excluding hydrogens is 449 g/mol. The Kier molecular flexibility index (Phi) is 10.6. The number of halogens is 3. The van der Waals surface area contributed by atoms with Gasteiger partial charge in [-0.3, -0.25) is 4.79 Å². The summed E-state index contributed by atoms with van der Waals surface area (Å²) in [6, 6.07) is 3.59. The molecule has 2 N–H and O–H groups in total. The summed E-state index contributed by atoms with van der Waals surface area (Å²) in [6.45, 7) is 5.64. The van der Waals surface area contributed by atoms with Gasteiger partial charge in [-0.2, -0.15) is 0 Å². The van der Waals surface area contributed by atoms with E-state index in [0.29, 0.717) is 6.42 Å². The van der Waals surface area contributed by atoms with E-state index in [1.807, 2.05) is 20.8 Å². The number of carbonyl (C=O) groups excluding carboxylic acids is 1. The summed E-state index contributed by atoms with van der Waals surface area (Å²) in [4.78, 5) is 28.4. The molecule has 2 saturated carbocycles. The first-order chi connectivity index (χ1) is 12.7. The first-order valence-corrected chi connectivity index (χ1v) is 9.28. The van der Waals surface area contributed by atoms with E-state index in [9.17, 15) is 4.79 Å².